The van der Waals surface area contributed by atoms with Crippen LogP contribution in [0.5, 0.6) is 0 Å². The Kier molecular flexibility index (Phi) is 2.85. The van der Waals surface area contributed by atoms with E-state index in [0.717, 1.165) is 0 Å². The van der Waals surface area contributed by atoms with E-state index in [2.05, 4.69) is 0 Å². The summed E-state index contributed by atoms with van der Waals surface area (Å²) in [6.07, 6.45) is 0. The highest BCUT2D eigenvalue weighted by atomic mass is 32.2. The van der Waals surface area contributed by atoms with E-state index in [9.17, 15) is 18.5 Å². The van der Waals surface area contributed by atoms with Gasteiger partial charge in [-0.1, -0.05) is 0 Å². The van der Waals surface area contributed by atoms with Crippen LogP contribution in [0.25, 0.3) is 0 Å². The molecule has 16 heavy (non-hydrogen) atoms. The van der Waals surface area contributed by atoms with Gasteiger partial charge in [-0.05, 0) is 0 Å². The maximum atomic E-state index is 11.4. The molecule has 7 nitrogen and oxygen atoms in total. The molecule has 0 aromatic heterocycles. The minimum atomic E-state index is -3.34. The van der Waals surface area contributed by atoms with E-state index in [1.807, 2.05) is 0 Å². The van der Waals surface area contributed by atoms with Gasteiger partial charge in [-0.2, -0.15) is 0 Å². The lowest BCUT2D eigenvalue weighted by Crippen LogP contribution is -2.37. The molecule has 0 amide bonds. The molecule has 2 aliphatic heterocycles. The van der Waals surface area contributed by atoms with E-state index in [0.29, 0.717) is 32.0 Å². The summed E-state index contributed by atoms with van der Waals surface area (Å²) in [6, 6.07) is 0. The van der Waals surface area contributed by atoms with Crippen LogP contribution in [0.15, 0.2) is 11.4 Å². The first-order valence-electron chi connectivity index (χ1n) is 4.89. The molecule has 0 N–H and O–H groups in total. The van der Waals surface area contributed by atoms with Crippen molar-refractivity contribution in [1.29, 1.82) is 0 Å². The first-order valence-corrected chi connectivity index (χ1v) is 6.71. The van der Waals surface area contributed by atoms with Gasteiger partial charge < -0.3 is 9.64 Å². The number of morpholine rings is 1. The zero-order valence-corrected chi connectivity index (χ0v) is 9.40. The summed E-state index contributed by atoms with van der Waals surface area (Å²) in [4.78, 5) is 11.9. The second-order valence-corrected chi connectivity index (χ2v) is 5.85. The predicted molar refractivity (Wildman–Crippen MR) is 55.1 cm³/mol. The molecule has 2 heterocycles. The van der Waals surface area contributed by atoms with Crippen LogP contribution in [0.2, 0.25) is 0 Å². The maximum absolute atomic E-state index is 11.4. The molecule has 0 saturated carbocycles. The van der Waals surface area contributed by atoms with E-state index < -0.39 is 20.5 Å². The van der Waals surface area contributed by atoms with Crippen LogP contribution < -0.4 is 0 Å². The molecule has 1 fully saturated rings. The van der Waals surface area contributed by atoms with Gasteiger partial charge in [-0.3, -0.25) is 10.1 Å². The highest BCUT2D eigenvalue weighted by Crippen LogP contribution is 2.24. The fourth-order valence-corrected chi connectivity index (χ4v) is 3.46. The molecular weight excluding hydrogens is 236 g/mol. The number of hydrogen-bond acceptors (Lipinski definition) is 6. The number of rotatable bonds is 2. The van der Waals surface area contributed by atoms with Gasteiger partial charge in [0.2, 0.25) is 0 Å². The van der Waals surface area contributed by atoms with E-state index >= 15 is 0 Å². The summed E-state index contributed by atoms with van der Waals surface area (Å²) in [5, 5.41) is 10.8. The van der Waals surface area contributed by atoms with Crippen LogP contribution in [0.4, 0.5) is 0 Å². The molecule has 2 aliphatic rings. The van der Waals surface area contributed by atoms with E-state index in [4.69, 9.17) is 4.74 Å². The molecule has 2 rings (SSSR count). The van der Waals surface area contributed by atoms with Gasteiger partial charge in [0.25, 0.3) is 5.70 Å². The Labute approximate surface area is 92.7 Å². The first-order chi connectivity index (χ1) is 7.49. The van der Waals surface area contributed by atoms with Gasteiger partial charge >= 0.3 is 0 Å². The van der Waals surface area contributed by atoms with Crippen molar-refractivity contribution >= 4 is 9.84 Å². The Morgan fingerprint density at radius 2 is 1.88 bits per heavy atom. The van der Waals surface area contributed by atoms with Crippen LogP contribution in [0.3, 0.4) is 0 Å². The van der Waals surface area contributed by atoms with Crippen molar-refractivity contribution in [3.05, 3.63) is 21.5 Å². The van der Waals surface area contributed by atoms with Crippen molar-refractivity contribution in [1.82, 2.24) is 4.90 Å². The van der Waals surface area contributed by atoms with Crippen LogP contribution >= 0.6 is 0 Å². The summed E-state index contributed by atoms with van der Waals surface area (Å²) in [5.41, 5.74) is 0.162. The Hall–Kier alpha value is -1.15. The molecule has 90 valence electrons. The molecule has 0 unspecified atom stereocenters. The zero-order chi connectivity index (χ0) is 11.8. The van der Waals surface area contributed by atoms with E-state index in [1.54, 1.807) is 4.90 Å². The number of nitro groups is 1. The van der Waals surface area contributed by atoms with Crippen molar-refractivity contribution in [3.8, 4) is 0 Å². The molecular formula is C8H12N2O5S. The Morgan fingerprint density at radius 3 is 2.44 bits per heavy atom. The average Bonchev–Trinajstić information content (AvgIpc) is 2.56. The van der Waals surface area contributed by atoms with Gasteiger partial charge in [0.05, 0.1) is 23.9 Å². The summed E-state index contributed by atoms with van der Waals surface area (Å²) in [7, 11) is -3.34. The molecule has 0 bridgehead atoms. The number of sulfone groups is 1. The van der Waals surface area contributed by atoms with Crippen LogP contribution in [-0.4, -0.2) is 56.1 Å². The number of ether oxygens (including phenoxy) is 1. The third-order valence-electron chi connectivity index (χ3n) is 2.66. The summed E-state index contributed by atoms with van der Waals surface area (Å²) in [6.45, 7) is 1.99. The minimum absolute atomic E-state index is 0.179. The Bertz CT molecular complexity index is 435. The van der Waals surface area contributed by atoms with E-state index in [1.165, 1.54) is 0 Å². The smallest absolute Gasteiger partial charge is 0.281 e. The van der Waals surface area contributed by atoms with Crippen LogP contribution in [-0.2, 0) is 14.6 Å². The zero-order valence-electron chi connectivity index (χ0n) is 8.59. The maximum Gasteiger partial charge on any atom is 0.281 e. The normalized spacial score (nSPS) is 24.9. The average molecular weight is 248 g/mol. The van der Waals surface area contributed by atoms with E-state index in [-0.39, 0.29) is 11.4 Å². The third-order valence-corrected chi connectivity index (χ3v) is 4.09. The second-order valence-electron chi connectivity index (χ2n) is 3.78. The highest BCUT2D eigenvalue weighted by Gasteiger charge is 2.38. The minimum Gasteiger partial charge on any atom is -0.378 e. The Balaban J connectivity index is 2.27. The highest BCUT2D eigenvalue weighted by molar-refractivity contribution is 7.92. The van der Waals surface area contributed by atoms with Crippen molar-refractivity contribution in [2.75, 3.05) is 37.8 Å². The largest absolute Gasteiger partial charge is 0.378 e. The topological polar surface area (TPSA) is 89.8 Å². The lowest BCUT2D eigenvalue weighted by Gasteiger charge is -2.28. The fourth-order valence-electron chi connectivity index (χ4n) is 1.90. The van der Waals surface area contributed by atoms with Gasteiger partial charge in [-0.25, -0.2) is 8.42 Å². The lowest BCUT2D eigenvalue weighted by atomic mass is 10.3. The molecule has 0 atom stereocenters. The number of nitrogens with zero attached hydrogens (tertiary/aromatic N) is 2. The van der Waals surface area contributed by atoms with Crippen LogP contribution in [0, 0.1) is 10.1 Å². The fraction of sp³-hybridized carbons (Fsp3) is 0.750. The van der Waals surface area contributed by atoms with Crippen molar-refractivity contribution in [3.63, 3.8) is 0 Å². The van der Waals surface area contributed by atoms with Crippen molar-refractivity contribution < 1.29 is 18.1 Å². The SMILES string of the molecule is O=[N+]([O-])C1=C(N2CCOCC2)CS(=O)(=O)C1. The monoisotopic (exact) mass is 248 g/mol. The summed E-state index contributed by atoms with van der Waals surface area (Å²) < 4.78 is 27.9. The molecule has 0 radical (unpaired) electrons. The predicted octanol–water partition coefficient (Wildman–Crippen LogP) is -0.765. The molecule has 8 heteroatoms. The van der Waals surface area contributed by atoms with Crippen molar-refractivity contribution in [2.24, 2.45) is 0 Å². The molecule has 0 aromatic carbocycles. The lowest BCUT2D eigenvalue weighted by molar-refractivity contribution is -0.425. The quantitative estimate of drug-likeness (QED) is 0.471. The van der Waals surface area contributed by atoms with Gasteiger partial charge in [0, 0.05) is 13.1 Å². The molecule has 0 spiro atoms. The Morgan fingerprint density at radius 1 is 1.25 bits per heavy atom. The van der Waals surface area contributed by atoms with Gasteiger partial charge in [0.1, 0.15) is 11.4 Å². The summed E-state index contributed by atoms with van der Waals surface area (Å²) >= 11 is 0. The number of hydrogen-bond donors (Lipinski definition) is 0. The molecule has 1 saturated heterocycles. The van der Waals surface area contributed by atoms with Gasteiger partial charge in [0.15, 0.2) is 9.84 Å². The summed E-state index contributed by atoms with van der Waals surface area (Å²) in [5.74, 6) is -0.671. The van der Waals surface area contributed by atoms with Crippen molar-refractivity contribution in [2.45, 2.75) is 0 Å². The standard InChI is InChI=1S/C8H12N2O5S/c11-10(12)8-6-16(13,14)5-7(8)9-1-3-15-4-2-9/h1-6H2. The molecule has 0 aromatic rings. The van der Waals surface area contributed by atoms with Crippen LogP contribution in [0.1, 0.15) is 0 Å². The molecule has 0 aliphatic carbocycles. The van der Waals surface area contributed by atoms with Gasteiger partial charge in [-0.15, -0.1) is 0 Å². The third kappa shape index (κ3) is 2.17. The first kappa shape index (κ1) is 11.3. The second kappa shape index (κ2) is 4.02.